The Balaban J connectivity index is 2.64. The maximum Gasteiger partial charge on any atom is 0.0790 e. The molecular formula is C13H8IN. The van der Waals surface area contributed by atoms with Gasteiger partial charge < -0.3 is 0 Å². The lowest BCUT2D eigenvalue weighted by Gasteiger charge is -2.04. The average molecular weight is 305 g/mol. The molecule has 0 radical (unpaired) electrons. The molecule has 0 amide bonds. The summed E-state index contributed by atoms with van der Waals surface area (Å²) in [5.74, 6) is 0. The Morgan fingerprint density at radius 1 is 0.867 bits per heavy atom. The summed E-state index contributed by atoms with van der Waals surface area (Å²) in [6, 6.07) is 14.7. The molecule has 1 nitrogen and oxygen atoms in total. The van der Waals surface area contributed by atoms with Crippen LogP contribution in [-0.4, -0.2) is 4.98 Å². The van der Waals surface area contributed by atoms with Gasteiger partial charge >= 0.3 is 0 Å². The number of fused-ring (bicyclic) bond motifs is 3. The molecule has 1 heterocycles. The molecule has 0 atom stereocenters. The van der Waals surface area contributed by atoms with Gasteiger partial charge in [0, 0.05) is 20.5 Å². The number of benzene rings is 2. The van der Waals surface area contributed by atoms with E-state index in [0.717, 1.165) is 5.52 Å². The van der Waals surface area contributed by atoms with E-state index in [1.165, 1.54) is 19.7 Å². The molecule has 0 N–H and O–H groups in total. The minimum atomic E-state index is 1.10. The minimum Gasteiger partial charge on any atom is -0.256 e. The molecule has 0 bridgehead atoms. The number of hydrogen-bond acceptors (Lipinski definition) is 1. The van der Waals surface area contributed by atoms with Crippen LogP contribution in [0.3, 0.4) is 0 Å². The van der Waals surface area contributed by atoms with Crippen LogP contribution < -0.4 is 0 Å². The molecule has 0 aliphatic rings. The maximum absolute atomic E-state index is 4.47. The van der Waals surface area contributed by atoms with Gasteiger partial charge in [-0.1, -0.05) is 30.3 Å². The Hall–Kier alpha value is -1.16. The number of aromatic nitrogens is 1. The number of rotatable bonds is 0. The van der Waals surface area contributed by atoms with Crippen LogP contribution in [0, 0.1) is 3.57 Å². The average Bonchev–Trinajstić information content (AvgIpc) is 2.29. The predicted molar refractivity (Wildman–Crippen MR) is 72.0 cm³/mol. The molecule has 0 fully saturated rings. The van der Waals surface area contributed by atoms with Crippen LogP contribution >= 0.6 is 22.6 Å². The van der Waals surface area contributed by atoms with E-state index in [1.807, 2.05) is 12.3 Å². The van der Waals surface area contributed by atoms with Gasteiger partial charge in [-0.3, -0.25) is 4.98 Å². The number of hydrogen-bond donors (Lipinski definition) is 0. The SMILES string of the molecule is Ic1cccc2ccc3cccnc3c12. The standard InChI is InChI=1S/C13H8IN/c14-11-5-1-3-9-6-7-10-4-2-8-15-13(10)12(9)11/h1-8H. The number of nitrogens with zero attached hydrogens (tertiary/aromatic N) is 1. The summed E-state index contributed by atoms with van der Waals surface area (Å²) >= 11 is 2.37. The van der Waals surface area contributed by atoms with Crippen LogP contribution in [0.15, 0.2) is 48.7 Å². The van der Waals surface area contributed by atoms with E-state index in [2.05, 4.69) is 64.0 Å². The molecule has 0 unspecified atom stereocenters. The molecule has 2 heteroatoms. The van der Waals surface area contributed by atoms with Crippen LogP contribution in [0.1, 0.15) is 0 Å². The highest BCUT2D eigenvalue weighted by Crippen LogP contribution is 2.27. The molecule has 3 rings (SSSR count). The van der Waals surface area contributed by atoms with Crippen LogP contribution in [0.5, 0.6) is 0 Å². The second-order valence-electron chi connectivity index (χ2n) is 3.48. The zero-order valence-corrected chi connectivity index (χ0v) is 10.1. The molecule has 0 aliphatic heterocycles. The van der Waals surface area contributed by atoms with Gasteiger partial charge in [-0.05, 0) is 40.1 Å². The Morgan fingerprint density at radius 2 is 1.67 bits per heavy atom. The van der Waals surface area contributed by atoms with Crippen molar-refractivity contribution in [3.63, 3.8) is 0 Å². The largest absolute Gasteiger partial charge is 0.256 e. The van der Waals surface area contributed by atoms with Gasteiger partial charge in [-0.25, -0.2) is 0 Å². The second kappa shape index (κ2) is 3.45. The first kappa shape index (κ1) is 9.09. The first-order chi connectivity index (χ1) is 7.36. The molecular weight excluding hydrogens is 297 g/mol. The molecule has 0 saturated carbocycles. The third-order valence-corrected chi connectivity index (χ3v) is 3.46. The Labute approximate surface area is 101 Å². The van der Waals surface area contributed by atoms with Gasteiger partial charge in [-0.15, -0.1) is 0 Å². The fourth-order valence-corrected chi connectivity index (χ4v) is 2.64. The fourth-order valence-electron chi connectivity index (χ4n) is 1.87. The van der Waals surface area contributed by atoms with Gasteiger partial charge in [0.15, 0.2) is 0 Å². The molecule has 15 heavy (non-hydrogen) atoms. The lowest BCUT2D eigenvalue weighted by atomic mass is 10.1. The first-order valence-corrected chi connectivity index (χ1v) is 5.86. The molecule has 2 aromatic carbocycles. The molecule has 0 spiro atoms. The van der Waals surface area contributed by atoms with Crippen molar-refractivity contribution in [2.45, 2.75) is 0 Å². The van der Waals surface area contributed by atoms with Crippen molar-refractivity contribution in [1.82, 2.24) is 4.98 Å². The van der Waals surface area contributed by atoms with Crippen molar-refractivity contribution in [2.24, 2.45) is 0 Å². The van der Waals surface area contributed by atoms with E-state index in [0.29, 0.717) is 0 Å². The van der Waals surface area contributed by atoms with E-state index in [1.54, 1.807) is 0 Å². The number of pyridine rings is 1. The predicted octanol–water partition coefficient (Wildman–Crippen LogP) is 3.99. The van der Waals surface area contributed by atoms with Crippen molar-refractivity contribution in [3.05, 3.63) is 52.2 Å². The first-order valence-electron chi connectivity index (χ1n) is 4.78. The summed E-state index contributed by atoms with van der Waals surface area (Å²) in [5.41, 5.74) is 1.10. The monoisotopic (exact) mass is 305 g/mol. The zero-order chi connectivity index (χ0) is 10.3. The molecule has 0 aliphatic carbocycles. The van der Waals surface area contributed by atoms with Crippen LogP contribution in [-0.2, 0) is 0 Å². The third-order valence-electron chi connectivity index (χ3n) is 2.56. The summed E-state index contributed by atoms with van der Waals surface area (Å²) in [6.45, 7) is 0. The highest BCUT2D eigenvalue weighted by atomic mass is 127. The highest BCUT2D eigenvalue weighted by molar-refractivity contribution is 14.1. The van der Waals surface area contributed by atoms with Crippen molar-refractivity contribution in [3.8, 4) is 0 Å². The summed E-state index contributed by atoms with van der Waals surface area (Å²) in [7, 11) is 0. The summed E-state index contributed by atoms with van der Waals surface area (Å²) in [4.78, 5) is 4.47. The highest BCUT2D eigenvalue weighted by Gasteiger charge is 2.03. The topological polar surface area (TPSA) is 12.9 Å². The van der Waals surface area contributed by atoms with E-state index in [9.17, 15) is 0 Å². The van der Waals surface area contributed by atoms with E-state index < -0.39 is 0 Å². The smallest absolute Gasteiger partial charge is 0.0790 e. The summed E-state index contributed by atoms with van der Waals surface area (Å²) in [6.07, 6.45) is 1.85. The van der Waals surface area contributed by atoms with Gasteiger partial charge in [0.25, 0.3) is 0 Å². The van der Waals surface area contributed by atoms with Crippen LogP contribution in [0.25, 0.3) is 21.7 Å². The van der Waals surface area contributed by atoms with Crippen molar-refractivity contribution >= 4 is 44.3 Å². The molecule has 0 saturated heterocycles. The fraction of sp³-hybridized carbons (Fsp3) is 0. The van der Waals surface area contributed by atoms with Crippen molar-refractivity contribution < 1.29 is 0 Å². The lowest BCUT2D eigenvalue weighted by Crippen LogP contribution is -1.83. The van der Waals surface area contributed by atoms with Crippen molar-refractivity contribution in [2.75, 3.05) is 0 Å². The Bertz CT molecular complexity index is 646. The van der Waals surface area contributed by atoms with Gasteiger partial charge in [0.05, 0.1) is 5.52 Å². The minimum absolute atomic E-state index is 1.10. The Kier molecular flexibility index (Phi) is 2.09. The summed E-state index contributed by atoms with van der Waals surface area (Å²) in [5, 5.41) is 3.72. The maximum atomic E-state index is 4.47. The van der Waals surface area contributed by atoms with Gasteiger partial charge in [0.2, 0.25) is 0 Å². The zero-order valence-electron chi connectivity index (χ0n) is 7.94. The normalized spacial score (nSPS) is 11.0. The van der Waals surface area contributed by atoms with Crippen LogP contribution in [0.2, 0.25) is 0 Å². The number of halogens is 1. The van der Waals surface area contributed by atoms with E-state index in [-0.39, 0.29) is 0 Å². The van der Waals surface area contributed by atoms with Crippen LogP contribution in [0.4, 0.5) is 0 Å². The van der Waals surface area contributed by atoms with E-state index >= 15 is 0 Å². The second-order valence-corrected chi connectivity index (χ2v) is 4.64. The van der Waals surface area contributed by atoms with Gasteiger partial charge in [-0.2, -0.15) is 0 Å². The Morgan fingerprint density at radius 3 is 2.60 bits per heavy atom. The molecule has 1 aromatic heterocycles. The molecule has 3 aromatic rings. The van der Waals surface area contributed by atoms with E-state index in [4.69, 9.17) is 0 Å². The third kappa shape index (κ3) is 1.40. The summed E-state index contributed by atoms with van der Waals surface area (Å²) < 4.78 is 1.26. The van der Waals surface area contributed by atoms with Gasteiger partial charge in [0.1, 0.15) is 0 Å². The van der Waals surface area contributed by atoms with Crippen molar-refractivity contribution in [1.29, 1.82) is 0 Å². The molecule has 72 valence electrons. The lowest BCUT2D eigenvalue weighted by molar-refractivity contribution is 1.43. The quantitative estimate of drug-likeness (QED) is 0.452.